The predicted octanol–water partition coefficient (Wildman–Crippen LogP) is 2.43. The quantitative estimate of drug-likeness (QED) is 0.454. The average molecular weight is 232 g/mol. The molecule has 0 radical (unpaired) electrons. The Balaban J connectivity index is 3.02. The monoisotopic (exact) mass is 231 g/mol. The molecule has 0 atom stereocenters. The van der Waals surface area contributed by atoms with Gasteiger partial charge in [-0.25, -0.2) is 4.39 Å². The second kappa shape index (κ2) is 4.84. The highest BCUT2D eigenvalue weighted by Crippen LogP contribution is 2.22. The fourth-order valence-corrected chi connectivity index (χ4v) is 1.28. The van der Waals surface area contributed by atoms with Crippen LogP contribution in [-0.2, 0) is 11.2 Å². The minimum atomic E-state index is -0.692. The summed E-state index contributed by atoms with van der Waals surface area (Å²) in [6.07, 6.45) is -0.186. The summed E-state index contributed by atoms with van der Waals surface area (Å²) in [6, 6.07) is 3.55. The lowest BCUT2D eigenvalue weighted by Crippen LogP contribution is -2.00. The number of hydrogen-bond acceptors (Lipinski definition) is 3. The lowest BCUT2D eigenvalue weighted by molar-refractivity contribution is -0.385. The first kappa shape index (κ1) is 11.6. The molecular weight excluding hydrogens is 225 g/mol. The van der Waals surface area contributed by atoms with E-state index in [1.165, 1.54) is 12.1 Å². The highest BCUT2D eigenvalue weighted by Gasteiger charge is 2.17. The van der Waals surface area contributed by atoms with Gasteiger partial charge in [-0.3, -0.25) is 14.9 Å². The molecule has 0 fully saturated rings. The molecule has 6 heteroatoms. The maximum Gasteiger partial charge on any atom is 0.275 e. The molecule has 80 valence electrons. The number of halogens is 2. The first-order valence-electron chi connectivity index (χ1n) is 4.12. The molecular formula is C9H7ClFNO3. The number of benzene rings is 1. The van der Waals surface area contributed by atoms with Crippen molar-refractivity contribution in [1.29, 1.82) is 0 Å². The molecule has 0 aliphatic rings. The highest BCUT2D eigenvalue weighted by atomic mass is 35.5. The summed E-state index contributed by atoms with van der Waals surface area (Å²) in [5.41, 5.74) is -0.413. The Morgan fingerprint density at radius 3 is 2.73 bits per heavy atom. The summed E-state index contributed by atoms with van der Waals surface area (Å²) in [7, 11) is 0. The topological polar surface area (TPSA) is 60.2 Å². The molecule has 0 saturated carbocycles. The minimum absolute atomic E-state index is 0.0642. The molecule has 0 spiro atoms. The Labute approximate surface area is 89.8 Å². The molecule has 0 aromatic heterocycles. The fraction of sp³-hybridized carbons (Fsp3) is 0.222. The van der Waals surface area contributed by atoms with Crippen LogP contribution < -0.4 is 0 Å². The van der Waals surface area contributed by atoms with E-state index in [4.69, 9.17) is 11.6 Å². The Hall–Kier alpha value is -1.49. The van der Waals surface area contributed by atoms with Crippen molar-refractivity contribution >= 4 is 22.5 Å². The third-order valence-electron chi connectivity index (χ3n) is 1.86. The van der Waals surface area contributed by atoms with E-state index in [1.807, 2.05) is 0 Å². The van der Waals surface area contributed by atoms with E-state index in [0.29, 0.717) is 0 Å². The van der Waals surface area contributed by atoms with E-state index in [-0.39, 0.29) is 24.1 Å². The summed E-state index contributed by atoms with van der Waals surface area (Å²) >= 11 is 5.08. The van der Waals surface area contributed by atoms with Gasteiger partial charge in [-0.2, -0.15) is 0 Å². The summed E-state index contributed by atoms with van der Waals surface area (Å²) in [6.45, 7) is 0. The second-order valence-corrected chi connectivity index (χ2v) is 3.27. The molecule has 0 saturated heterocycles. The molecule has 0 unspecified atom stereocenters. The fourth-order valence-electron chi connectivity index (χ4n) is 1.19. The summed E-state index contributed by atoms with van der Waals surface area (Å²) in [4.78, 5) is 20.3. The van der Waals surface area contributed by atoms with E-state index < -0.39 is 16.0 Å². The molecule has 0 aliphatic carbocycles. The molecule has 1 aromatic rings. The van der Waals surface area contributed by atoms with Gasteiger partial charge in [0, 0.05) is 12.5 Å². The minimum Gasteiger partial charge on any atom is -0.281 e. The second-order valence-electron chi connectivity index (χ2n) is 2.85. The number of nitrogens with zero attached hydrogens (tertiary/aromatic N) is 1. The van der Waals surface area contributed by atoms with Gasteiger partial charge < -0.3 is 0 Å². The zero-order chi connectivity index (χ0) is 11.4. The normalized spacial score (nSPS) is 10.0. The first-order chi connectivity index (χ1) is 7.02. The maximum atomic E-state index is 13.2. The lowest BCUT2D eigenvalue weighted by atomic mass is 10.1. The van der Waals surface area contributed by atoms with E-state index in [2.05, 4.69) is 0 Å². The standard InChI is InChI=1S/C9H7ClFNO3/c10-9(13)5-4-6-7(11)2-1-3-8(6)12(14)15/h1-3H,4-5H2. The van der Waals surface area contributed by atoms with E-state index in [0.717, 1.165) is 6.07 Å². The van der Waals surface area contributed by atoms with Gasteiger partial charge in [-0.05, 0) is 24.1 Å². The Kier molecular flexibility index (Phi) is 3.74. The number of nitro benzene ring substituents is 1. The van der Waals surface area contributed by atoms with E-state index in [1.54, 1.807) is 0 Å². The zero-order valence-electron chi connectivity index (χ0n) is 7.57. The lowest BCUT2D eigenvalue weighted by Gasteiger charge is -2.01. The Morgan fingerprint density at radius 2 is 2.20 bits per heavy atom. The van der Waals surface area contributed by atoms with Crippen LogP contribution in [0.4, 0.5) is 10.1 Å². The van der Waals surface area contributed by atoms with Crippen molar-refractivity contribution < 1.29 is 14.1 Å². The van der Waals surface area contributed by atoms with Gasteiger partial charge in [0.05, 0.1) is 10.5 Å². The molecule has 0 bridgehead atoms. The molecule has 0 heterocycles. The van der Waals surface area contributed by atoms with Crippen molar-refractivity contribution in [1.82, 2.24) is 0 Å². The van der Waals surface area contributed by atoms with Gasteiger partial charge in [0.15, 0.2) is 0 Å². The van der Waals surface area contributed by atoms with Crippen LogP contribution in [0.1, 0.15) is 12.0 Å². The van der Waals surface area contributed by atoms with Gasteiger partial charge >= 0.3 is 0 Å². The number of hydrogen-bond donors (Lipinski definition) is 0. The van der Waals surface area contributed by atoms with Crippen LogP contribution in [-0.4, -0.2) is 10.2 Å². The van der Waals surface area contributed by atoms with Crippen molar-refractivity contribution in [3.63, 3.8) is 0 Å². The van der Waals surface area contributed by atoms with Crippen LogP contribution in [0.15, 0.2) is 18.2 Å². The van der Waals surface area contributed by atoms with Gasteiger partial charge in [0.2, 0.25) is 5.24 Å². The van der Waals surface area contributed by atoms with Crippen molar-refractivity contribution in [2.24, 2.45) is 0 Å². The largest absolute Gasteiger partial charge is 0.281 e. The van der Waals surface area contributed by atoms with Crippen LogP contribution in [0.25, 0.3) is 0 Å². The summed E-state index contributed by atoms with van der Waals surface area (Å²) in [5, 5.41) is 9.89. The van der Waals surface area contributed by atoms with Crippen LogP contribution >= 0.6 is 11.6 Å². The van der Waals surface area contributed by atoms with Gasteiger partial charge in [0.1, 0.15) is 5.82 Å². The van der Waals surface area contributed by atoms with E-state index in [9.17, 15) is 19.3 Å². The van der Waals surface area contributed by atoms with Gasteiger partial charge in [-0.1, -0.05) is 6.07 Å². The molecule has 0 aliphatic heterocycles. The van der Waals surface area contributed by atoms with Gasteiger partial charge in [0.25, 0.3) is 5.69 Å². The third kappa shape index (κ3) is 2.99. The van der Waals surface area contributed by atoms with Crippen LogP contribution in [0.2, 0.25) is 0 Å². The SMILES string of the molecule is O=C(Cl)CCc1c(F)cccc1[N+](=O)[O-]. The summed E-state index contributed by atoms with van der Waals surface area (Å²) in [5.74, 6) is -0.692. The highest BCUT2D eigenvalue weighted by molar-refractivity contribution is 6.63. The molecule has 4 nitrogen and oxygen atoms in total. The molecule has 0 N–H and O–H groups in total. The molecule has 0 amide bonds. The maximum absolute atomic E-state index is 13.2. The van der Waals surface area contributed by atoms with Crippen molar-refractivity contribution in [2.75, 3.05) is 0 Å². The van der Waals surface area contributed by atoms with Crippen molar-refractivity contribution in [2.45, 2.75) is 12.8 Å². The van der Waals surface area contributed by atoms with Crippen molar-refractivity contribution in [3.05, 3.63) is 39.7 Å². The van der Waals surface area contributed by atoms with Crippen molar-refractivity contribution in [3.8, 4) is 0 Å². The average Bonchev–Trinajstić information content (AvgIpc) is 2.15. The first-order valence-corrected chi connectivity index (χ1v) is 4.50. The van der Waals surface area contributed by atoms with Gasteiger partial charge in [-0.15, -0.1) is 0 Å². The zero-order valence-corrected chi connectivity index (χ0v) is 8.33. The molecule has 1 rings (SSSR count). The van der Waals surface area contributed by atoms with E-state index >= 15 is 0 Å². The smallest absolute Gasteiger partial charge is 0.275 e. The number of rotatable bonds is 4. The van der Waals surface area contributed by atoms with Crippen LogP contribution in [0.3, 0.4) is 0 Å². The Bertz CT molecular complexity index is 408. The number of carbonyl (C=O) groups is 1. The molecule has 1 aromatic carbocycles. The predicted molar refractivity (Wildman–Crippen MR) is 52.2 cm³/mol. The molecule has 15 heavy (non-hydrogen) atoms. The number of carbonyl (C=O) groups excluding carboxylic acids is 1. The third-order valence-corrected chi connectivity index (χ3v) is 2.05. The number of nitro groups is 1. The van der Waals surface area contributed by atoms with Crippen LogP contribution in [0, 0.1) is 15.9 Å². The Morgan fingerprint density at radius 1 is 1.53 bits per heavy atom. The summed E-state index contributed by atoms with van der Waals surface area (Å²) < 4.78 is 13.2. The van der Waals surface area contributed by atoms with Crippen LogP contribution in [0.5, 0.6) is 0 Å².